The van der Waals surface area contributed by atoms with Gasteiger partial charge in [-0.05, 0) is 24.1 Å². The summed E-state index contributed by atoms with van der Waals surface area (Å²) in [6.45, 7) is 2.95. The summed E-state index contributed by atoms with van der Waals surface area (Å²) in [5.74, 6) is 0.335. The van der Waals surface area contributed by atoms with E-state index >= 15 is 0 Å². The Balaban J connectivity index is 2.23. The minimum absolute atomic E-state index is 0.335. The smallest absolute Gasteiger partial charge is 0.137 e. The van der Waals surface area contributed by atoms with Gasteiger partial charge in [0.05, 0.1) is 0 Å². The van der Waals surface area contributed by atoms with Crippen LogP contribution in [0.1, 0.15) is 31.2 Å². The van der Waals surface area contributed by atoms with Gasteiger partial charge in [0.2, 0.25) is 0 Å². The number of aromatic nitrogens is 3. The van der Waals surface area contributed by atoms with Crippen molar-refractivity contribution in [2.45, 2.75) is 32.2 Å². The molecule has 5 heteroatoms. The van der Waals surface area contributed by atoms with E-state index < -0.39 is 0 Å². The minimum Gasteiger partial charge on any atom is -0.252 e. The molecule has 0 aliphatic heterocycles. The molecule has 2 aromatic rings. The molecule has 0 amide bonds. The average Bonchev–Trinajstić information content (AvgIpc) is 2.81. The van der Waals surface area contributed by atoms with Crippen molar-refractivity contribution in [1.29, 1.82) is 0 Å². The highest BCUT2D eigenvalue weighted by Crippen LogP contribution is 2.31. The van der Waals surface area contributed by atoms with E-state index in [1.807, 2.05) is 16.8 Å². The highest BCUT2D eigenvalue weighted by atomic mass is 35.5. The second-order valence-corrected chi connectivity index (χ2v) is 5.11. The van der Waals surface area contributed by atoms with Crippen molar-refractivity contribution in [3.63, 3.8) is 0 Å². The van der Waals surface area contributed by atoms with Crippen molar-refractivity contribution in [2.75, 3.05) is 0 Å². The zero-order chi connectivity index (χ0) is 13.0. The Morgan fingerprint density at radius 1 is 1.33 bits per heavy atom. The Morgan fingerprint density at radius 2 is 2.17 bits per heavy atom. The molecule has 0 radical (unpaired) electrons. The summed E-state index contributed by atoms with van der Waals surface area (Å²) in [5, 5.41) is 5.54. The molecule has 0 unspecified atom stereocenters. The molecule has 0 N–H and O–H groups in total. The third-order valence-electron chi connectivity index (χ3n) is 2.91. The number of halogens is 2. The third-order valence-corrected chi connectivity index (χ3v) is 3.48. The monoisotopic (exact) mass is 283 g/mol. The second-order valence-electron chi connectivity index (χ2n) is 4.27. The first-order chi connectivity index (χ1) is 8.70. The van der Waals surface area contributed by atoms with Crippen LogP contribution >= 0.6 is 23.2 Å². The fourth-order valence-corrected chi connectivity index (χ4v) is 2.64. The maximum Gasteiger partial charge on any atom is 0.137 e. The minimum atomic E-state index is 0.335. The second kappa shape index (κ2) is 6.21. The predicted octanol–water partition coefficient (Wildman–Crippen LogP) is 4.17. The van der Waals surface area contributed by atoms with Crippen molar-refractivity contribution in [1.82, 2.24) is 14.8 Å². The fourth-order valence-electron chi connectivity index (χ4n) is 2.08. The molecule has 0 bridgehead atoms. The van der Waals surface area contributed by atoms with E-state index in [1.165, 1.54) is 0 Å². The number of rotatable bonds is 5. The topological polar surface area (TPSA) is 30.7 Å². The number of benzene rings is 1. The van der Waals surface area contributed by atoms with E-state index in [-0.39, 0.29) is 0 Å². The van der Waals surface area contributed by atoms with Crippen LogP contribution in [0.4, 0.5) is 0 Å². The maximum atomic E-state index is 6.27. The summed E-state index contributed by atoms with van der Waals surface area (Å²) in [4.78, 5) is 3.96. The average molecular weight is 284 g/mol. The molecule has 96 valence electrons. The van der Waals surface area contributed by atoms with E-state index in [1.54, 1.807) is 18.7 Å². The van der Waals surface area contributed by atoms with Gasteiger partial charge in [0.1, 0.15) is 12.7 Å². The molecule has 0 saturated carbocycles. The molecule has 3 nitrogen and oxygen atoms in total. The molecule has 1 heterocycles. The van der Waals surface area contributed by atoms with Crippen LogP contribution in [-0.2, 0) is 6.54 Å². The molecule has 0 aliphatic carbocycles. The summed E-state index contributed by atoms with van der Waals surface area (Å²) in [5.41, 5.74) is 1.12. The molecule has 1 aromatic heterocycles. The van der Waals surface area contributed by atoms with Gasteiger partial charge in [0.15, 0.2) is 0 Å². The van der Waals surface area contributed by atoms with Crippen LogP contribution in [0.2, 0.25) is 10.0 Å². The lowest BCUT2D eigenvalue weighted by Gasteiger charge is -2.18. The Labute approximate surface area is 117 Å². The molecule has 0 spiro atoms. The third kappa shape index (κ3) is 3.24. The van der Waals surface area contributed by atoms with Crippen molar-refractivity contribution in [3.8, 4) is 0 Å². The largest absolute Gasteiger partial charge is 0.252 e. The SMILES string of the molecule is CCC[C@H](Cn1cncn1)c1ccc(Cl)cc1Cl. The van der Waals surface area contributed by atoms with Crippen molar-refractivity contribution >= 4 is 23.2 Å². The van der Waals surface area contributed by atoms with E-state index in [0.717, 1.165) is 30.0 Å². The van der Waals surface area contributed by atoms with Crippen LogP contribution in [0.25, 0.3) is 0 Å². The molecule has 2 rings (SSSR count). The fraction of sp³-hybridized carbons (Fsp3) is 0.385. The van der Waals surface area contributed by atoms with Crippen molar-refractivity contribution in [2.24, 2.45) is 0 Å². The van der Waals surface area contributed by atoms with Gasteiger partial charge in [-0.2, -0.15) is 5.10 Å². The quantitative estimate of drug-likeness (QED) is 0.825. The van der Waals surface area contributed by atoms with Gasteiger partial charge in [-0.3, -0.25) is 4.68 Å². The number of hydrogen-bond donors (Lipinski definition) is 0. The zero-order valence-electron chi connectivity index (χ0n) is 10.2. The van der Waals surface area contributed by atoms with Crippen LogP contribution in [0.15, 0.2) is 30.9 Å². The van der Waals surface area contributed by atoms with Gasteiger partial charge in [-0.15, -0.1) is 0 Å². The first-order valence-corrected chi connectivity index (χ1v) is 6.73. The van der Waals surface area contributed by atoms with E-state index in [2.05, 4.69) is 17.0 Å². The molecule has 0 aliphatic rings. The summed E-state index contributed by atoms with van der Waals surface area (Å²) in [6.07, 6.45) is 5.43. The number of nitrogens with zero attached hydrogens (tertiary/aromatic N) is 3. The Morgan fingerprint density at radius 3 is 2.78 bits per heavy atom. The van der Waals surface area contributed by atoms with Crippen molar-refractivity contribution in [3.05, 3.63) is 46.5 Å². The summed E-state index contributed by atoms with van der Waals surface area (Å²) < 4.78 is 1.84. The van der Waals surface area contributed by atoms with Gasteiger partial charge >= 0.3 is 0 Å². The predicted molar refractivity (Wildman–Crippen MR) is 74.1 cm³/mol. The standard InChI is InChI=1S/C13H15Cl2N3/c1-2-3-10(7-18-9-16-8-17-18)12-5-4-11(14)6-13(12)15/h4-6,8-10H,2-3,7H2,1H3/t10-/m1/s1. The molecule has 1 atom stereocenters. The highest BCUT2D eigenvalue weighted by Gasteiger charge is 2.15. The zero-order valence-corrected chi connectivity index (χ0v) is 11.7. The summed E-state index contributed by atoms with van der Waals surface area (Å²) in [6, 6.07) is 5.68. The van der Waals surface area contributed by atoms with E-state index in [0.29, 0.717) is 10.9 Å². The Kier molecular flexibility index (Phi) is 4.61. The molecule has 18 heavy (non-hydrogen) atoms. The van der Waals surface area contributed by atoms with E-state index in [4.69, 9.17) is 23.2 Å². The first-order valence-electron chi connectivity index (χ1n) is 5.98. The number of hydrogen-bond acceptors (Lipinski definition) is 2. The van der Waals surface area contributed by atoms with Crippen LogP contribution in [-0.4, -0.2) is 14.8 Å². The van der Waals surface area contributed by atoms with Gasteiger partial charge in [0.25, 0.3) is 0 Å². The molecule has 0 saturated heterocycles. The molecule has 1 aromatic carbocycles. The van der Waals surface area contributed by atoms with Gasteiger partial charge in [-0.1, -0.05) is 42.6 Å². The Hall–Kier alpha value is -1.06. The highest BCUT2D eigenvalue weighted by molar-refractivity contribution is 6.35. The van der Waals surface area contributed by atoms with Gasteiger partial charge in [-0.25, -0.2) is 4.98 Å². The van der Waals surface area contributed by atoms with Crippen LogP contribution < -0.4 is 0 Å². The summed E-state index contributed by atoms with van der Waals surface area (Å²) >= 11 is 12.2. The lowest BCUT2D eigenvalue weighted by atomic mass is 9.94. The van der Waals surface area contributed by atoms with Crippen LogP contribution in [0, 0.1) is 0 Å². The Bertz CT molecular complexity index is 497. The lowest BCUT2D eigenvalue weighted by Crippen LogP contribution is -2.10. The normalized spacial score (nSPS) is 12.6. The molecule has 0 fully saturated rings. The lowest BCUT2D eigenvalue weighted by molar-refractivity contribution is 0.484. The van der Waals surface area contributed by atoms with Gasteiger partial charge < -0.3 is 0 Å². The van der Waals surface area contributed by atoms with Gasteiger partial charge in [0, 0.05) is 22.5 Å². The van der Waals surface area contributed by atoms with Crippen LogP contribution in [0.5, 0.6) is 0 Å². The van der Waals surface area contributed by atoms with Crippen LogP contribution in [0.3, 0.4) is 0 Å². The van der Waals surface area contributed by atoms with Crippen molar-refractivity contribution < 1.29 is 0 Å². The molecular formula is C13H15Cl2N3. The maximum absolute atomic E-state index is 6.27. The van der Waals surface area contributed by atoms with E-state index in [9.17, 15) is 0 Å². The summed E-state index contributed by atoms with van der Waals surface area (Å²) in [7, 11) is 0. The first kappa shape index (κ1) is 13.4. The molecular weight excluding hydrogens is 269 g/mol.